The van der Waals surface area contributed by atoms with E-state index in [9.17, 15) is 4.79 Å². The molecule has 0 N–H and O–H groups in total. The standard InChI is InChI=1S/C13H14N2O/c1-9-4-5-11(8-16)6-12(9)13-7-15(3)14-10(13)2/h4-8H,1-3H3. The summed E-state index contributed by atoms with van der Waals surface area (Å²) in [6.45, 7) is 4.01. The summed E-state index contributed by atoms with van der Waals surface area (Å²) in [4.78, 5) is 10.8. The summed E-state index contributed by atoms with van der Waals surface area (Å²) in [7, 11) is 1.90. The molecular formula is C13H14N2O. The SMILES string of the molecule is Cc1ccc(C=O)cc1-c1cn(C)nc1C. The molecule has 1 aromatic carbocycles. The lowest BCUT2D eigenvalue weighted by Gasteiger charge is -2.04. The molecule has 0 fully saturated rings. The lowest BCUT2D eigenvalue weighted by atomic mass is 9.99. The van der Waals surface area contributed by atoms with Crippen LogP contribution < -0.4 is 0 Å². The molecule has 2 aromatic rings. The first-order chi connectivity index (χ1) is 7.61. The van der Waals surface area contributed by atoms with Crippen LogP contribution in [0.15, 0.2) is 24.4 Å². The molecule has 0 amide bonds. The van der Waals surface area contributed by atoms with Gasteiger partial charge in [0, 0.05) is 24.4 Å². The van der Waals surface area contributed by atoms with Crippen molar-refractivity contribution >= 4 is 6.29 Å². The fourth-order valence-electron chi connectivity index (χ4n) is 1.87. The molecular weight excluding hydrogens is 200 g/mol. The summed E-state index contributed by atoms with van der Waals surface area (Å²) in [6.07, 6.45) is 2.85. The van der Waals surface area contributed by atoms with Crippen LogP contribution in [0.25, 0.3) is 11.1 Å². The van der Waals surface area contributed by atoms with Gasteiger partial charge in [-0.2, -0.15) is 5.10 Å². The molecule has 0 bridgehead atoms. The van der Waals surface area contributed by atoms with Crippen LogP contribution in [-0.4, -0.2) is 16.1 Å². The average molecular weight is 214 g/mol. The predicted molar refractivity (Wildman–Crippen MR) is 63.5 cm³/mol. The fourth-order valence-corrected chi connectivity index (χ4v) is 1.87. The van der Waals surface area contributed by atoms with Gasteiger partial charge in [0.2, 0.25) is 0 Å². The maximum Gasteiger partial charge on any atom is 0.150 e. The van der Waals surface area contributed by atoms with Gasteiger partial charge in [-0.3, -0.25) is 9.48 Å². The first kappa shape index (κ1) is 10.6. The number of aryl methyl sites for hydroxylation is 3. The van der Waals surface area contributed by atoms with Crippen molar-refractivity contribution in [1.82, 2.24) is 9.78 Å². The zero-order valence-electron chi connectivity index (χ0n) is 9.69. The van der Waals surface area contributed by atoms with Crippen molar-refractivity contribution in [3.05, 3.63) is 41.2 Å². The summed E-state index contributed by atoms with van der Waals surface area (Å²) in [5.74, 6) is 0. The van der Waals surface area contributed by atoms with Gasteiger partial charge in [0.15, 0.2) is 0 Å². The summed E-state index contributed by atoms with van der Waals surface area (Å²) in [5.41, 5.74) is 5.00. The van der Waals surface area contributed by atoms with Crippen molar-refractivity contribution in [1.29, 1.82) is 0 Å². The highest BCUT2D eigenvalue weighted by molar-refractivity contribution is 5.80. The molecule has 0 aliphatic carbocycles. The van der Waals surface area contributed by atoms with E-state index in [0.29, 0.717) is 5.56 Å². The maximum atomic E-state index is 10.8. The van der Waals surface area contributed by atoms with E-state index in [0.717, 1.165) is 28.7 Å². The Morgan fingerprint density at radius 1 is 1.25 bits per heavy atom. The monoisotopic (exact) mass is 214 g/mol. The van der Waals surface area contributed by atoms with E-state index in [-0.39, 0.29) is 0 Å². The Morgan fingerprint density at radius 3 is 2.56 bits per heavy atom. The summed E-state index contributed by atoms with van der Waals surface area (Å²) in [5, 5.41) is 4.31. The minimum Gasteiger partial charge on any atom is -0.298 e. The highest BCUT2D eigenvalue weighted by Gasteiger charge is 2.09. The normalized spacial score (nSPS) is 10.4. The van der Waals surface area contributed by atoms with Crippen molar-refractivity contribution < 1.29 is 4.79 Å². The van der Waals surface area contributed by atoms with E-state index in [1.54, 1.807) is 4.68 Å². The second kappa shape index (κ2) is 3.93. The van der Waals surface area contributed by atoms with Crippen molar-refractivity contribution in [2.24, 2.45) is 7.05 Å². The number of aldehydes is 1. The van der Waals surface area contributed by atoms with Crippen molar-refractivity contribution in [3.63, 3.8) is 0 Å². The largest absolute Gasteiger partial charge is 0.298 e. The Bertz CT molecular complexity index is 541. The molecule has 0 saturated carbocycles. The second-order valence-corrected chi connectivity index (χ2v) is 3.99. The number of nitrogens with zero attached hydrogens (tertiary/aromatic N) is 2. The molecule has 16 heavy (non-hydrogen) atoms. The minimum atomic E-state index is 0.698. The Balaban J connectivity index is 2.62. The molecule has 0 aliphatic heterocycles. The molecule has 3 nitrogen and oxygen atoms in total. The summed E-state index contributed by atoms with van der Waals surface area (Å²) < 4.78 is 1.79. The van der Waals surface area contributed by atoms with Crippen LogP contribution in [0, 0.1) is 13.8 Å². The van der Waals surface area contributed by atoms with Crippen LogP contribution >= 0.6 is 0 Å². The van der Waals surface area contributed by atoms with Gasteiger partial charge in [0.05, 0.1) is 5.69 Å². The molecule has 1 aromatic heterocycles. The van der Waals surface area contributed by atoms with Gasteiger partial charge >= 0.3 is 0 Å². The topological polar surface area (TPSA) is 34.9 Å². The van der Waals surface area contributed by atoms with Gasteiger partial charge in [0.1, 0.15) is 6.29 Å². The van der Waals surface area contributed by atoms with Crippen molar-refractivity contribution in [2.45, 2.75) is 13.8 Å². The van der Waals surface area contributed by atoms with E-state index in [1.807, 2.05) is 45.3 Å². The number of rotatable bonds is 2. The number of carbonyl (C=O) groups is 1. The average Bonchev–Trinajstić information content (AvgIpc) is 2.58. The Hall–Kier alpha value is -1.90. The Labute approximate surface area is 94.7 Å². The van der Waals surface area contributed by atoms with E-state index in [4.69, 9.17) is 0 Å². The predicted octanol–water partition coefficient (Wildman–Crippen LogP) is 2.52. The molecule has 3 heteroatoms. The fraction of sp³-hybridized carbons (Fsp3) is 0.231. The molecule has 0 saturated heterocycles. The number of hydrogen-bond donors (Lipinski definition) is 0. The zero-order valence-corrected chi connectivity index (χ0v) is 9.69. The lowest BCUT2D eigenvalue weighted by molar-refractivity contribution is 0.112. The van der Waals surface area contributed by atoms with Crippen LogP contribution in [0.3, 0.4) is 0 Å². The van der Waals surface area contributed by atoms with Gasteiger partial charge < -0.3 is 0 Å². The molecule has 0 atom stereocenters. The third-order valence-electron chi connectivity index (χ3n) is 2.70. The van der Waals surface area contributed by atoms with Crippen LogP contribution in [0.5, 0.6) is 0 Å². The van der Waals surface area contributed by atoms with Gasteiger partial charge in [-0.05, 0) is 31.0 Å². The third-order valence-corrected chi connectivity index (χ3v) is 2.70. The van der Waals surface area contributed by atoms with Gasteiger partial charge in [-0.1, -0.05) is 12.1 Å². The zero-order chi connectivity index (χ0) is 11.7. The van der Waals surface area contributed by atoms with E-state index >= 15 is 0 Å². The van der Waals surface area contributed by atoms with Gasteiger partial charge in [0.25, 0.3) is 0 Å². The highest BCUT2D eigenvalue weighted by Crippen LogP contribution is 2.26. The molecule has 0 spiro atoms. The number of benzene rings is 1. The van der Waals surface area contributed by atoms with Crippen molar-refractivity contribution in [2.75, 3.05) is 0 Å². The molecule has 2 rings (SSSR count). The highest BCUT2D eigenvalue weighted by atomic mass is 16.1. The number of aromatic nitrogens is 2. The third kappa shape index (κ3) is 1.76. The number of carbonyl (C=O) groups excluding carboxylic acids is 1. The van der Waals surface area contributed by atoms with Gasteiger partial charge in [-0.15, -0.1) is 0 Å². The molecule has 1 heterocycles. The molecule has 82 valence electrons. The summed E-state index contributed by atoms with van der Waals surface area (Å²) in [6, 6.07) is 5.70. The first-order valence-electron chi connectivity index (χ1n) is 5.18. The first-order valence-corrected chi connectivity index (χ1v) is 5.18. The van der Waals surface area contributed by atoms with E-state index < -0.39 is 0 Å². The summed E-state index contributed by atoms with van der Waals surface area (Å²) >= 11 is 0. The molecule has 0 unspecified atom stereocenters. The van der Waals surface area contributed by atoms with Crippen LogP contribution in [0.4, 0.5) is 0 Å². The van der Waals surface area contributed by atoms with Crippen molar-refractivity contribution in [3.8, 4) is 11.1 Å². The quantitative estimate of drug-likeness (QED) is 0.720. The van der Waals surface area contributed by atoms with E-state index in [1.165, 1.54) is 0 Å². The van der Waals surface area contributed by atoms with Crippen LogP contribution in [-0.2, 0) is 7.05 Å². The van der Waals surface area contributed by atoms with Crippen LogP contribution in [0.1, 0.15) is 21.6 Å². The minimum absolute atomic E-state index is 0.698. The van der Waals surface area contributed by atoms with Gasteiger partial charge in [-0.25, -0.2) is 0 Å². The molecule has 0 aliphatic rings. The lowest BCUT2D eigenvalue weighted by Crippen LogP contribution is -1.87. The van der Waals surface area contributed by atoms with Crippen LogP contribution in [0.2, 0.25) is 0 Å². The Morgan fingerprint density at radius 2 is 2.00 bits per heavy atom. The molecule has 0 radical (unpaired) electrons. The Kier molecular flexibility index (Phi) is 2.60. The maximum absolute atomic E-state index is 10.8. The van der Waals surface area contributed by atoms with E-state index in [2.05, 4.69) is 5.10 Å². The second-order valence-electron chi connectivity index (χ2n) is 3.99. The smallest absolute Gasteiger partial charge is 0.150 e. The number of hydrogen-bond acceptors (Lipinski definition) is 2.